The fraction of sp³-hybridized carbons (Fsp3) is 0.125. The van der Waals surface area contributed by atoms with Crippen molar-refractivity contribution in [2.75, 3.05) is 18.9 Å². The molecule has 0 atom stereocenters. The van der Waals surface area contributed by atoms with Gasteiger partial charge in [0.1, 0.15) is 18.2 Å². The van der Waals surface area contributed by atoms with Crippen LogP contribution in [0.15, 0.2) is 66.7 Å². The topological polar surface area (TPSA) is 64.3 Å². The highest BCUT2D eigenvalue weighted by molar-refractivity contribution is 5.79. The lowest BCUT2D eigenvalue weighted by Crippen LogP contribution is -2.26. The predicted octanol–water partition coefficient (Wildman–Crippen LogP) is 5.10. The highest BCUT2D eigenvalue weighted by atomic mass is 19.1. The summed E-state index contributed by atoms with van der Waals surface area (Å²) in [6, 6.07) is 18.1. The smallest absolute Gasteiger partial charge is 0.407 e. The lowest BCUT2D eigenvalue weighted by molar-refractivity contribution is 0.144. The van der Waals surface area contributed by atoms with Gasteiger partial charge >= 0.3 is 6.09 Å². The van der Waals surface area contributed by atoms with Crippen LogP contribution in [0.1, 0.15) is 22.6 Å². The average Bonchev–Trinajstić information content (AvgIpc) is 3.07. The van der Waals surface area contributed by atoms with Crippen molar-refractivity contribution in [1.29, 1.82) is 0 Å². The Morgan fingerprint density at radius 3 is 2.30 bits per heavy atom. The molecule has 3 N–H and O–H groups in total. The number of nitrogens with two attached hydrogens (primary N) is 1. The number of hydrogen-bond acceptors (Lipinski definition) is 3. The van der Waals surface area contributed by atoms with Gasteiger partial charge in [-0.1, -0.05) is 60.7 Å². The van der Waals surface area contributed by atoms with Gasteiger partial charge in [0.15, 0.2) is 0 Å². The molecule has 3 aromatic carbocycles. The van der Waals surface area contributed by atoms with E-state index in [1.54, 1.807) is 0 Å². The highest BCUT2D eigenvalue weighted by Gasteiger charge is 2.28. The molecule has 30 heavy (non-hydrogen) atoms. The van der Waals surface area contributed by atoms with E-state index in [-0.39, 0.29) is 30.3 Å². The van der Waals surface area contributed by atoms with E-state index in [1.807, 2.05) is 36.4 Å². The summed E-state index contributed by atoms with van der Waals surface area (Å²) in [5.74, 6) is -1.35. The van der Waals surface area contributed by atoms with Crippen LogP contribution in [0.25, 0.3) is 17.2 Å². The van der Waals surface area contributed by atoms with Crippen molar-refractivity contribution in [3.63, 3.8) is 0 Å². The molecule has 1 aliphatic carbocycles. The third-order valence-electron chi connectivity index (χ3n) is 5.12. The van der Waals surface area contributed by atoms with Crippen LogP contribution in [0.2, 0.25) is 0 Å². The third kappa shape index (κ3) is 3.89. The van der Waals surface area contributed by atoms with Crippen molar-refractivity contribution in [2.45, 2.75) is 5.92 Å². The van der Waals surface area contributed by atoms with Crippen LogP contribution in [0, 0.1) is 11.6 Å². The molecule has 1 aliphatic rings. The van der Waals surface area contributed by atoms with Crippen molar-refractivity contribution < 1.29 is 18.3 Å². The molecule has 0 unspecified atom stereocenters. The maximum absolute atomic E-state index is 13.7. The number of benzene rings is 3. The molecule has 0 fully saturated rings. The van der Waals surface area contributed by atoms with Crippen molar-refractivity contribution >= 4 is 17.9 Å². The van der Waals surface area contributed by atoms with E-state index in [1.165, 1.54) is 12.2 Å². The van der Waals surface area contributed by atoms with Gasteiger partial charge in [-0.3, -0.25) is 0 Å². The van der Waals surface area contributed by atoms with Gasteiger partial charge in [0.05, 0.1) is 5.69 Å². The molecular formula is C24H20F2N2O2. The minimum atomic E-state index is -0.694. The molecule has 0 bridgehead atoms. The quantitative estimate of drug-likeness (QED) is 0.580. The zero-order chi connectivity index (χ0) is 21.1. The Morgan fingerprint density at radius 1 is 1.00 bits per heavy atom. The Morgan fingerprint density at radius 2 is 1.63 bits per heavy atom. The number of alkyl carbamates (subject to hydrolysis) is 1. The van der Waals surface area contributed by atoms with E-state index in [0.29, 0.717) is 0 Å². The fourth-order valence-electron chi connectivity index (χ4n) is 3.68. The zero-order valence-electron chi connectivity index (χ0n) is 16.1. The monoisotopic (exact) mass is 406 g/mol. The summed E-state index contributed by atoms with van der Waals surface area (Å²) in [5.41, 5.74) is 9.69. The van der Waals surface area contributed by atoms with Crippen LogP contribution in [-0.2, 0) is 4.74 Å². The number of rotatable bonds is 5. The van der Waals surface area contributed by atoms with Crippen LogP contribution in [0.3, 0.4) is 0 Å². The first-order valence-electron chi connectivity index (χ1n) is 9.54. The lowest BCUT2D eigenvalue weighted by atomic mass is 9.98. The molecule has 3 aromatic rings. The second kappa shape index (κ2) is 8.37. The van der Waals surface area contributed by atoms with Crippen LogP contribution in [-0.4, -0.2) is 19.2 Å². The van der Waals surface area contributed by atoms with Crippen LogP contribution < -0.4 is 11.1 Å². The fourth-order valence-corrected chi connectivity index (χ4v) is 3.68. The third-order valence-corrected chi connectivity index (χ3v) is 5.12. The minimum Gasteiger partial charge on any atom is -0.449 e. The molecule has 4 rings (SSSR count). The Hall–Kier alpha value is -3.67. The van der Waals surface area contributed by atoms with Crippen LogP contribution >= 0.6 is 0 Å². The molecule has 6 heteroatoms. The molecule has 0 aliphatic heterocycles. The molecule has 1 amide bonds. The molecule has 0 saturated carbocycles. The first kappa shape index (κ1) is 19.6. The maximum Gasteiger partial charge on any atom is 0.407 e. The first-order chi connectivity index (χ1) is 14.5. The number of fused-ring (bicyclic) bond motifs is 3. The van der Waals surface area contributed by atoms with Gasteiger partial charge in [-0.15, -0.1) is 0 Å². The lowest BCUT2D eigenvalue weighted by Gasteiger charge is -2.14. The first-order valence-corrected chi connectivity index (χ1v) is 9.54. The number of ether oxygens (including phenoxy) is 1. The summed E-state index contributed by atoms with van der Waals surface area (Å²) >= 11 is 0. The van der Waals surface area contributed by atoms with Gasteiger partial charge < -0.3 is 15.8 Å². The van der Waals surface area contributed by atoms with Crippen molar-refractivity contribution in [3.8, 4) is 11.1 Å². The summed E-state index contributed by atoms with van der Waals surface area (Å²) in [4.78, 5) is 12.1. The Balaban J connectivity index is 1.34. The molecule has 0 saturated heterocycles. The molecule has 0 aromatic heterocycles. The van der Waals surface area contributed by atoms with Crippen molar-refractivity contribution in [2.24, 2.45) is 0 Å². The minimum absolute atomic E-state index is 0.0226. The van der Waals surface area contributed by atoms with Crippen LogP contribution in [0.4, 0.5) is 19.3 Å². The van der Waals surface area contributed by atoms with E-state index in [0.717, 1.165) is 34.4 Å². The van der Waals surface area contributed by atoms with Gasteiger partial charge in [0.25, 0.3) is 0 Å². The molecule has 4 nitrogen and oxygen atoms in total. The van der Waals surface area contributed by atoms with E-state index in [4.69, 9.17) is 10.5 Å². The van der Waals surface area contributed by atoms with Gasteiger partial charge in [-0.2, -0.15) is 0 Å². The average molecular weight is 406 g/mol. The van der Waals surface area contributed by atoms with Crippen molar-refractivity contribution in [3.05, 3.63) is 95.1 Å². The second-order valence-electron chi connectivity index (χ2n) is 7.00. The summed E-state index contributed by atoms with van der Waals surface area (Å²) in [5, 5.41) is 2.58. The number of carbonyl (C=O) groups excluding carboxylic acids is 1. The molecule has 0 spiro atoms. The van der Waals surface area contributed by atoms with E-state index < -0.39 is 17.7 Å². The molecule has 152 valence electrons. The number of nitrogen functional groups attached to an aromatic ring is 1. The van der Waals surface area contributed by atoms with Crippen molar-refractivity contribution in [1.82, 2.24) is 5.32 Å². The van der Waals surface area contributed by atoms with E-state index in [9.17, 15) is 13.6 Å². The molecule has 0 heterocycles. The predicted molar refractivity (Wildman–Crippen MR) is 113 cm³/mol. The number of hydrogen-bond donors (Lipinski definition) is 2. The number of halogens is 2. The van der Waals surface area contributed by atoms with E-state index in [2.05, 4.69) is 17.4 Å². The van der Waals surface area contributed by atoms with Gasteiger partial charge in [-0.05, 0) is 28.3 Å². The highest BCUT2D eigenvalue weighted by Crippen LogP contribution is 2.44. The molecule has 0 radical (unpaired) electrons. The maximum atomic E-state index is 13.7. The van der Waals surface area contributed by atoms with Gasteiger partial charge in [0, 0.05) is 24.1 Å². The van der Waals surface area contributed by atoms with Gasteiger partial charge in [0.2, 0.25) is 0 Å². The van der Waals surface area contributed by atoms with Gasteiger partial charge in [-0.25, -0.2) is 13.6 Å². The normalized spacial score (nSPS) is 12.6. The standard InChI is InChI=1S/C24H20F2N2O2/c25-21-13-23(27)22(26)12-15(21)6-5-11-28-24(29)30-14-20-18-9-3-1-7-16(18)17-8-2-4-10-19(17)20/h1-10,12-13,20H,11,14,27H2,(H,28,29). The zero-order valence-corrected chi connectivity index (χ0v) is 16.1. The Labute approximate surface area is 173 Å². The van der Waals surface area contributed by atoms with E-state index >= 15 is 0 Å². The summed E-state index contributed by atoms with van der Waals surface area (Å²) in [6.45, 7) is 0.323. The SMILES string of the molecule is Nc1cc(F)c(C=CCNC(=O)OCC2c3ccccc3-c3ccccc32)cc1F. The Bertz CT molecular complexity index is 1080. The largest absolute Gasteiger partial charge is 0.449 e. The molecular weight excluding hydrogens is 386 g/mol. The summed E-state index contributed by atoms with van der Waals surface area (Å²) in [7, 11) is 0. The number of carbonyl (C=O) groups is 1. The number of nitrogens with one attached hydrogen (secondary N) is 1. The second-order valence-corrected chi connectivity index (χ2v) is 7.00. The summed E-state index contributed by atoms with van der Waals surface area (Å²) in [6.07, 6.45) is 2.31. The number of amides is 1. The Kier molecular flexibility index (Phi) is 5.48. The summed E-state index contributed by atoms with van der Waals surface area (Å²) < 4.78 is 32.6. The number of anilines is 1. The van der Waals surface area contributed by atoms with Crippen LogP contribution in [0.5, 0.6) is 0 Å².